The van der Waals surface area contributed by atoms with Gasteiger partial charge in [0.15, 0.2) is 5.78 Å². The molecule has 0 spiro atoms. The third-order valence-electron chi connectivity index (χ3n) is 2.15. The van der Waals surface area contributed by atoms with E-state index in [0.29, 0.717) is 12.1 Å². The quantitative estimate of drug-likeness (QED) is 0.480. The average molecular weight is 235 g/mol. The number of anilines is 1. The smallest absolute Gasteiger partial charge is 0.211 e. The van der Waals surface area contributed by atoms with Gasteiger partial charge in [-0.1, -0.05) is 12.1 Å². The first-order chi connectivity index (χ1) is 8.06. The Morgan fingerprint density at radius 2 is 2.06 bits per heavy atom. The first-order valence-corrected chi connectivity index (χ1v) is 4.85. The molecule has 0 bridgehead atoms. The van der Waals surface area contributed by atoms with Crippen molar-refractivity contribution < 1.29 is 19.5 Å². The number of carboxylic acids is 1. The van der Waals surface area contributed by atoms with Crippen LogP contribution in [0.15, 0.2) is 24.3 Å². The molecule has 0 heterocycles. The molecule has 0 saturated heterocycles. The number of carboxylic acid groups (broad SMARTS) is 1. The summed E-state index contributed by atoms with van der Waals surface area (Å²) in [6.07, 6.45) is 0.0602. The third-order valence-corrected chi connectivity index (χ3v) is 2.15. The summed E-state index contributed by atoms with van der Waals surface area (Å²) in [5.41, 5.74) is 5.74. The van der Waals surface area contributed by atoms with Crippen LogP contribution < -0.4 is 16.2 Å². The molecule has 1 amide bonds. The number of ketones is 1. The first kappa shape index (κ1) is 12.9. The molecule has 1 rings (SSSR count). The molecule has 6 heteroatoms. The number of hydrogen-bond donors (Lipinski definition) is 2. The molecular weight excluding hydrogens is 224 g/mol. The predicted octanol–water partition coefficient (Wildman–Crippen LogP) is -1.10. The van der Waals surface area contributed by atoms with Gasteiger partial charge in [0.25, 0.3) is 0 Å². The van der Waals surface area contributed by atoms with Crippen LogP contribution in [0.3, 0.4) is 0 Å². The van der Waals surface area contributed by atoms with E-state index in [4.69, 9.17) is 5.73 Å². The van der Waals surface area contributed by atoms with Crippen LogP contribution in [0.5, 0.6) is 0 Å². The van der Waals surface area contributed by atoms with Gasteiger partial charge in [-0.15, -0.1) is 0 Å². The lowest BCUT2D eigenvalue weighted by atomic mass is 10.0. The van der Waals surface area contributed by atoms with Crippen LogP contribution in [-0.4, -0.2) is 24.2 Å². The lowest BCUT2D eigenvalue weighted by Crippen LogP contribution is -2.43. The highest BCUT2D eigenvalue weighted by Gasteiger charge is 2.15. The minimum absolute atomic E-state index is 0.219. The second kappa shape index (κ2) is 5.76. The van der Waals surface area contributed by atoms with Crippen molar-refractivity contribution in [3.05, 3.63) is 29.8 Å². The maximum Gasteiger partial charge on any atom is 0.211 e. The summed E-state index contributed by atoms with van der Waals surface area (Å²) >= 11 is 0. The van der Waals surface area contributed by atoms with E-state index < -0.39 is 17.8 Å². The zero-order chi connectivity index (χ0) is 12.8. The minimum atomic E-state index is -1.49. The first-order valence-electron chi connectivity index (χ1n) is 4.85. The van der Waals surface area contributed by atoms with Gasteiger partial charge in [0, 0.05) is 12.0 Å². The number of aliphatic carboxylic acids is 1. The number of amides is 1. The Morgan fingerprint density at radius 1 is 1.41 bits per heavy atom. The van der Waals surface area contributed by atoms with Gasteiger partial charge in [-0.3, -0.25) is 9.59 Å². The largest absolute Gasteiger partial charge is 0.548 e. The zero-order valence-corrected chi connectivity index (χ0v) is 8.88. The van der Waals surface area contributed by atoms with Crippen LogP contribution in [0.25, 0.3) is 0 Å². The predicted molar refractivity (Wildman–Crippen MR) is 58.1 cm³/mol. The molecule has 0 saturated carbocycles. The minimum Gasteiger partial charge on any atom is -0.548 e. The Kier molecular flexibility index (Phi) is 4.36. The second-order valence-corrected chi connectivity index (χ2v) is 3.36. The summed E-state index contributed by atoms with van der Waals surface area (Å²) in [6, 6.07) is 4.91. The number of para-hydroxylation sites is 1. The second-order valence-electron chi connectivity index (χ2n) is 3.36. The fraction of sp³-hybridized carbons (Fsp3) is 0.182. The van der Waals surface area contributed by atoms with E-state index in [0.717, 1.165) is 0 Å². The summed E-state index contributed by atoms with van der Waals surface area (Å²) in [6.45, 7) is 0. The van der Waals surface area contributed by atoms with Crippen molar-refractivity contribution >= 4 is 23.9 Å². The fourth-order valence-corrected chi connectivity index (χ4v) is 1.31. The Morgan fingerprint density at radius 3 is 2.65 bits per heavy atom. The summed E-state index contributed by atoms with van der Waals surface area (Å²) in [5, 5.41) is 12.8. The highest BCUT2D eigenvalue weighted by molar-refractivity contribution is 6.04. The number of nitrogens with two attached hydrogens (primary N) is 1. The highest BCUT2D eigenvalue weighted by Crippen LogP contribution is 2.16. The fourth-order valence-electron chi connectivity index (χ4n) is 1.31. The lowest BCUT2D eigenvalue weighted by Gasteiger charge is -2.12. The van der Waals surface area contributed by atoms with Crippen LogP contribution in [0.2, 0.25) is 0 Å². The van der Waals surface area contributed by atoms with Crippen LogP contribution in [0, 0.1) is 0 Å². The number of Topliss-reactive ketones (excluding diaryl/α,β-unsaturated/α-hetero) is 1. The molecule has 1 aromatic carbocycles. The number of carbonyl (C=O) groups excluding carboxylic acids is 3. The van der Waals surface area contributed by atoms with Gasteiger partial charge >= 0.3 is 0 Å². The molecule has 1 unspecified atom stereocenters. The van der Waals surface area contributed by atoms with Crippen molar-refractivity contribution in [3.8, 4) is 0 Å². The molecule has 0 aliphatic rings. The Bertz CT molecular complexity index is 445. The third kappa shape index (κ3) is 3.39. The van der Waals surface area contributed by atoms with Crippen LogP contribution >= 0.6 is 0 Å². The average Bonchev–Trinajstić information content (AvgIpc) is 2.29. The van der Waals surface area contributed by atoms with Gasteiger partial charge in [-0.05, 0) is 12.1 Å². The molecule has 0 radical (unpaired) electrons. The van der Waals surface area contributed by atoms with E-state index in [-0.39, 0.29) is 12.0 Å². The molecule has 0 aliphatic heterocycles. The van der Waals surface area contributed by atoms with Crippen LogP contribution in [-0.2, 0) is 9.59 Å². The van der Waals surface area contributed by atoms with Crippen LogP contribution in [0.1, 0.15) is 16.8 Å². The molecule has 1 aromatic rings. The van der Waals surface area contributed by atoms with Crippen molar-refractivity contribution in [2.24, 2.45) is 5.73 Å². The molecule has 0 fully saturated rings. The number of benzene rings is 1. The van der Waals surface area contributed by atoms with Crippen molar-refractivity contribution in [2.75, 3.05) is 5.32 Å². The molecule has 3 N–H and O–H groups in total. The SMILES string of the molecule is NC(CC(=O)c1ccccc1NC=O)C(=O)[O-]. The molecule has 90 valence electrons. The van der Waals surface area contributed by atoms with E-state index in [2.05, 4.69) is 5.32 Å². The van der Waals surface area contributed by atoms with Gasteiger partial charge in [-0.25, -0.2) is 0 Å². The zero-order valence-electron chi connectivity index (χ0n) is 8.88. The maximum absolute atomic E-state index is 11.7. The Hall–Kier alpha value is -2.21. The Balaban J connectivity index is 2.88. The number of hydrogen-bond acceptors (Lipinski definition) is 5. The van der Waals surface area contributed by atoms with Crippen molar-refractivity contribution in [3.63, 3.8) is 0 Å². The Labute approximate surface area is 97.4 Å². The molecule has 17 heavy (non-hydrogen) atoms. The van der Waals surface area contributed by atoms with Crippen molar-refractivity contribution in [1.82, 2.24) is 0 Å². The van der Waals surface area contributed by atoms with Gasteiger partial charge < -0.3 is 21.0 Å². The van der Waals surface area contributed by atoms with E-state index in [9.17, 15) is 19.5 Å². The summed E-state index contributed by atoms with van der Waals surface area (Å²) < 4.78 is 0. The van der Waals surface area contributed by atoms with E-state index >= 15 is 0 Å². The number of carbonyl (C=O) groups is 3. The molecule has 0 aromatic heterocycles. The maximum atomic E-state index is 11.7. The molecule has 1 atom stereocenters. The normalized spacial score (nSPS) is 11.6. The molecule has 6 nitrogen and oxygen atoms in total. The van der Waals surface area contributed by atoms with Crippen molar-refractivity contribution in [1.29, 1.82) is 0 Å². The lowest BCUT2D eigenvalue weighted by molar-refractivity contribution is -0.307. The summed E-state index contributed by atoms with van der Waals surface area (Å²) in [5.74, 6) is -1.95. The van der Waals surface area contributed by atoms with Gasteiger partial charge in [0.2, 0.25) is 6.41 Å². The van der Waals surface area contributed by atoms with Crippen molar-refractivity contribution in [2.45, 2.75) is 12.5 Å². The van der Waals surface area contributed by atoms with Crippen LogP contribution in [0.4, 0.5) is 5.69 Å². The van der Waals surface area contributed by atoms with E-state index in [1.807, 2.05) is 0 Å². The number of rotatable bonds is 6. The van der Waals surface area contributed by atoms with E-state index in [1.165, 1.54) is 12.1 Å². The van der Waals surface area contributed by atoms with Gasteiger partial charge in [0.05, 0.1) is 17.7 Å². The monoisotopic (exact) mass is 235 g/mol. The van der Waals surface area contributed by atoms with Gasteiger partial charge in [-0.2, -0.15) is 0 Å². The molecule has 0 aliphatic carbocycles. The summed E-state index contributed by atoms with van der Waals surface area (Å²) in [7, 11) is 0. The van der Waals surface area contributed by atoms with Gasteiger partial charge in [0.1, 0.15) is 0 Å². The molecular formula is C11H11N2O4-. The number of nitrogens with one attached hydrogen (secondary N) is 1. The standard InChI is InChI=1S/C11H12N2O4/c12-8(11(16)17)5-10(15)7-3-1-2-4-9(7)13-6-14/h1-4,6,8H,5,12H2,(H,13,14)(H,16,17)/p-1. The highest BCUT2D eigenvalue weighted by atomic mass is 16.4. The van der Waals surface area contributed by atoms with E-state index in [1.54, 1.807) is 12.1 Å². The topological polar surface area (TPSA) is 112 Å². The summed E-state index contributed by atoms with van der Waals surface area (Å²) in [4.78, 5) is 32.5.